The number of alkyl halides is 1. The number of aliphatic hydroxyl groups excluding tert-OH is 1. The van der Waals surface area contributed by atoms with E-state index in [-0.39, 0.29) is 17.1 Å². The fraction of sp³-hybridized carbons (Fsp3) is 0.333. The fourth-order valence-corrected chi connectivity index (χ4v) is 3.40. The van der Waals surface area contributed by atoms with Gasteiger partial charge in [-0.25, -0.2) is 4.39 Å². The lowest BCUT2D eigenvalue weighted by Gasteiger charge is -2.23. The van der Waals surface area contributed by atoms with E-state index in [9.17, 15) is 14.3 Å². The number of nitrogens with zero attached hydrogens (tertiary/aromatic N) is 1. The van der Waals surface area contributed by atoms with Gasteiger partial charge in [-0.3, -0.25) is 4.79 Å². The molecule has 1 aliphatic rings. The fourth-order valence-electron chi connectivity index (χ4n) is 2.85. The quantitative estimate of drug-likeness (QED) is 0.827. The Kier molecular flexibility index (Phi) is 4.57. The van der Waals surface area contributed by atoms with Crippen LogP contribution in [0.5, 0.6) is 0 Å². The second-order valence-corrected chi connectivity index (χ2v) is 6.32. The zero-order valence-electron chi connectivity index (χ0n) is 11.7. The van der Waals surface area contributed by atoms with Crippen molar-refractivity contribution in [3.05, 3.63) is 52.6 Å². The molecule has 0 radical (unpaired) electrons. The summed E-state index contributed by atoms with van der Waals surface area (Å²) in [7, 11) is 0. The van der Waals surface area contributed by atoms with Gasteiger partial charge in [-0.1, -0.05) is 22.8 Å². The smallest absolute Gasteiger partial charge is 0.273 e. The molecular formula is C15H13Cl2FN2O3. The summed E-state index contributed by atoms with van der Waals surface area (Å²) < 4.78 is 18.4. The molecule has 0 saturated heterocycles. The summed E-state index contributed by atoms with van der Waals surface area (Å²) >= 11 is 12.0. The number of aliphatic hydroxyl groups is 1. The van der Waals surface area contributed by atoms with Crippen LogP contribution in [0.15, 0.2) is 35.1 Å². The highest BCUT2D eigenvalue weighted by atomic mass is 35.5. The molecule has 2 aromatic rings. The molecule has 1 amide bonds. The Labute approximate surface area is 141 Å². The lowest BCUT2D eigenvalue weighted by molar-refractivity contribution is 0.0922. The van der Waals surface area contributed by atoms with Crippen molar-refractivity contribution in [2.24, 2.45) is 0 Å². The lowest BCUT2D eigenvalue weighted by atomic mass is 9.93. The van der Waals surface area contributed by atoms with Gasteiger partial charge in [-0.2, -0.15) is 0 Å². The molecule has 1 fully saturated rings. The number of amides is 1. The summed E-state index contributed by atoms with van der Waals surface area (Å²) in [5.41, 5.74) is 0.687. The van der Waals surface area contributed by atoms with Crippen LogP contribution in [0, 0.1) is 5.82 Å². The Morgan fingerprint density at radius 1 is 1.43 bits per heavy atom. The van der Waals surface area contributed by atoms with E-state index >= 15 is 0 Å². The van der Waals surface area contributed by atoms with Crippen molar-refractivity contribution in [3.63, 3.8) is 0 Å². The number of hydrogen-bond acceptors (Lipinski definition) is 4. The van der Waals surface area contributed by atoms with Gasteiger partial charge in [0.15, 0.2) is 5.69 Å². The lowest BCUT2D eigenvalue weighted by Crippen LogP contribution is -2.38. The molecule has 8 heteroatoms. The monoisotopic (exact) mass is 358 g/mol. The van der Waals surface area contributed by atoms with Crippen LogP contribution < -0.4 is 5.32 Å². The molecule has 1 saturated carbocycles. The van der Waals surface area contributed by atoms with Gasteiger partial charge in [0.1, 0.15) is 12.1 Å². The normalized spacial score (nSPS) is 27.1. The van der Waals surface area contributed by atoms with Crippen LogP contribution in [-0.4, -0.2) is 33.7 Å². The first-order valence-corrected chi connectivity index (χ1v) is 7.77. The van der Waals surface area contributed by atoms with Gasteiger partial charge >= 0.3 is 0 Å². The molecule has 1 aromatic carbocycles. The van der Waals surface area contributed by atoms with Gasteiger partial charge < -0.3 is 14.9 Å². The maximum Gasteiger partial charge on any atom is 0.273 e. The van der Waals surface area contributed by atoms with E-state index in [1.165, 1.54) is 24.5 Å². The van der Waals surface area contributed by atoms with Crippen molar-refractivity contribution >= 4 is 29.1 Å². The summed E-state index contributed by atoms with van der Waals surface area (Å²) in [4.78, 5) is 12.1. The molecule has 0 spiro atoms. The standard InChI is InChI=1S/C15H13Cl2FN2O3/c16-8-2-1-7(5-9(8)18)13-11(6-12(21)14(13)17)19-15(22)10-3-4-23-20-10/h1-5,11-14,21H,6H2,(H,19,22)/t11-,12+,13?,14?/m1/s1. The Hall–Kier alpha value is -1.63. The molecule has 3 rings (SSSR count). The van der Waals surface area contributed by atoms with Crippen molar-refractivity contribution in [2.75, 3.05) is 0 Å². The molecule has 0 bridgehead atoms. The zero-order valence-corrected chi connectivity index (χ0v) is 13.3. The molecule has 122 valence electrons. The summed E-state index contributed by atoms with van der Waals surface area (Å²) in [6.45, 7) is 0. The molecular weight excluding hydrogens is 346 g/mol. The van der Waals surface area contributed by atoms with Gasteiger partial charge in [0, 0.05) is 18.0 Å². The minimum Gasteiger partial charge on any atom is -0.391 e. The summed E-state index contributed by atoms with van der Waals surface area (Å²) in [6, 6.07) is 5.30. The van der Waals surface area contributed by atoms with Crippen molar-refractivity contribution in [2.45, 2.75) is 29.9 Å². The Morgan fingerprint density at radius 3 is 2.87 bits per heavy atom. The average Bonchev–Trinajstić information content (AvgIpc) is 3.12. The maximum atomic E-state index is 13.7. The number of hydrogen-bond donors (Lipinski definition) is 2. The third-order valence-corrected chi connectivity index (χ3v) is 4.82. The number of carbonyl (C=O) groups excluding carboxylic acids is 1. The van der Waals surface area contributed by atoms with Crippen LogP contribution in [0.1, 0.15) is 28.4 Å². The molecule has 1 heterocycles. The van der Waals surface area contributed by atoms with E-state index in [0.717, 1.165) is 0 Å². The first-order valence-electron chi connectivity index (χ1n) is 6.95. The topological polar surface area (TPSA) is 75.4 Å². The Bertz CT molecular complexity index is 711. The summed E-state index contributed by atoms with van der Waals surface area (Å²) in [5.74, 6) is -1.47. The van der Waals surface area contributed by atoms with E-state index in [1.807, 2.05) is 0 Å². The maximum absolute atomic E-state index is 13.7. The van der Waals surface area contributed by atoms with Gasteiger partial charge in [0.2, 0.25) is 0 Å². The first-order chi connectivity index (χ1) is 11.0. The van der Waals surface area contributed by atoms with Crippen molar-refractivity contribution < 1.29 is 18.8 Å². The molecule has 2 unspecified atom stereocenters. The molecule has 1 aliphatic carbocycles. The van der Waals surface area contributed by atoms with Crippen LogP contribution in [0.3, 0.4) is 0 Å². The second-order valence-electron chi connectivity index (χ2n) is 5.41. The molecule has 23 heavy (non-hydrogen) atoms. The number of halogens is 3. The van der Waals surface area contributed by atoms with Crippen molar-refractivity contribution in [3.8, 4) is 0 Å². The molecule has 1 aromatic heterocycles. The molecule has 5 nitrogen and oxygen atoms in total. The zero-order chi connectivity index (χ0) is 16.6. The number of rotatable bonds is 3. The van der Waals surface area contributed by atoms with E-state index < -0.39 is 35.2 Å². The van der Waals surface area contributed by atoms with E-state index in [4.69, 9.17) is 23.2 Å². The largest absolute Gasteiger partial charge is 0.391 e. The van der Waals surface area contributed by atoms with Crippen molar-refractivity contribution in [1.29, 1.82) is 0 Å². The Balaban J connectivity index is 1.85. The number of benzene rings is 1. The predicted octanol–water partition coefficient (Wildman–Crippen LogP) is 2.72. The van der Waals surface area contributed by atoms with Crippen LogP contribution in [0.25, 0.3) is 0 Å². The second kappa shape index (κ2) is 6.47. The van der Waals surface area contributed by atoms with Crippen LogP contribution in [0.4, 0.5) is 4.39 Å². The van der Waals surface area contributed by atoms with E-state index in [0.29, 0.717) is 5.56 Å². The van der Waals surface area contributed by atoms with Crippen molar-refractivity contribution in [1.82, 2.24) is 10.5 Å². The van der Waals surface area contributed by atoms with Gasteiger partial charge in [-0.05, 0) is 24.1 Å². The van der Waals surface area contributed by atoms with Crippen LogP contribution in [0.2, 0.25) is 5.02 Å². The SMILES string of the molecule is O=C(N[C@@H]1C[C@H](O)C(Cl)C1c1ccc(Cl)c(F)c1)c1ccon1. The highest BCUT2D eigenvalue weighted by Crippen LogP contribution is 2.39. The van der Waals surface area contributed by atoms with Crippen LogP contribution in [-0.2, 0) is 0 Å². The number of aromatic nitrogens is 1. The molecule has 4 atom stereocenters. The van der Waals surface area contributed by atoms with E-state index in [1.54, 1.807) is 6.07 Å². The number of carbonyl (C=O) groups is 1. The summed E-state index contributed by atoms with van der Waals surface area (Å²) in [5, 5.41) is 15.7. The highest BCUT2D eigenvalue weighted by Gasteiger charge is 2.43. The minimum absolute atomic E-state index is 0.00148. The first kappa shape index (κ1) is 16.2. The predicted molar refractivity (Wildman–Crippen MR) is 82.2 cm³/mol. The highest BCUT2D eigenvalue weighted by molar-refractivity contribution is 6.30. The molecule has 0 aliphatic heterocycles. The van der Waals surface area contributed by atoms with E-state index in [2.05, 4.69) is 15.0 Å². The summed E-state index contributed by atoms with van der Waals surface area (Å²) in [6.07, 6.45) is 0.726. The third kappa shape index (κ3) is 3.20. The number of nitrogens with one attached hydrogen (secondary N) is 1. The van der Waals surface area contributed by atoms with Crippen LogP contribution >= 0.6 is 23.2 Å². The van der Waals surface area contributed by atoms with Gasteiger partial charge in [-0.15, -0.1) is 11.6 Å². The van der Waals surface area contributed by atoms with Gasteiger partial charge in [0.25, 0.3) is 5.91 Å². The Morgan fingerprint density at radius 2 is 2.22 bits per heavy atom. The third-order valence-electron chi connectivity index (χ3n) is 3.96. The average molecular weight is 359 g/mol. The molecule has 2 N–H and O–H groups in total. The minimum atomic E-state index is -0.817. The van der Waals surface area contributed by atoms with Gasteiger partial charge in [0.05, 0.1) is 16.5 Å².